The SMILES string of the molecule is COc1cccc(OC)c1-c1nc(-c2ccccc2)oc1-c1ccccc1. The molecule has 0 bridgehead atoms. The lowest BCUT2D eigenvalue weighted by Crippen LogP contribution is -1.94. The zero-order valence-corrected chi connectivity index (χ0v) is 15.2. The molecule has 1 heterocycles. The van der Waals surface area contributed by atoms with E-state index in [2.05, 4.69) is 0 Å². The molecular weight excluding hydrogens is 338 g/mol. The largest absolute Gasteiger partial charge is 0.496 e. The van der Waals surface area contributed by atoms with E-state index < -0.39 is 0 Å². The van der Waals surface area contributed by atoms with E-state index in [4.69, 9.17) is 18.9 Å². The molecule has 4 heteroatoms. The van der Waals surface area contributed by atoms with Gasteiger partial charge in [0.2, 0.25) is 5.89 Å². The number of rotatable bonds is 5. The van der Waals surface area contributed by atoms with Crippen LogP contribution < -0.4 is 9.47 Å². The van der Waals surface area contributed by atoms with Gasteiger partial charge in [-0.2, -0.15) is 0 Å². The first-order chi connectivity index (χ1) is 13.3. The number of ether oxygens (including phenoxy) is 2. The maximum Gasteiger partial charge on any atom is 0.227 e. The van der Waals surface area contributed by atoms with Crippen LogP contribution in [-0.4, -0.2) is 19.2 Å². The van der Waals surface area contributed by atoms with Gasteiger partial charge in [-0.25, -0.2) is 4.98 Å². The van der Waals surface area contributed by atoms with Crippen LogP contribution in [0, 0.1) is 0 Å². The maximum atomic E-state index is 6.22. The second-order valence-electron chi connectivity index (χ2n) is 5.97. The third-order valence-electron chi connectivity index (χ3n) is 4.35. The van der Waals surface area contributed by atoms with Crippen LogP contribution in [0.4, 0.5) is 0 Å². The zero-order chi connectivity index (χ0) is 18.6. The Kier molecular flexibility index (Phi) is 4.62. The number of oxazole rings is 1. The van der Waals surface area contributed by atoms with Crippen molar-refractivity contribution in [3.8, 4) is 45.5 Å². The molecule has 0 unspecified atom stereocenters. The summed E-state index contributed by atoms with van der Waals surface area (Å²) in [7, 11) is 3.28. The molecule has 0 saturated carbocycles. The lowest BCUT2D eigenvalue weighted by Gasteiger charge is -2.12. The van der Waals surface area contributed by atoms with E-state index in [0.29, 0.717) is 28.8 Å². The Bertz CT molecular complexity index is 1020. The normalized spacial score (nSPS) is 10.6. The van der Waals surface area contributed by atoms with Gasteiger partial charge in [-0.05, 0) is 24.3 Å². The van der Waals surface area contributed by atoms with Crippen LogP contribution in [0.3, 0.4) is 0 Å². The molecule has 3 aromatic carbocycles. The monoisotopic (exact) mass is 357 g/mol. The van der Waals surface area contributed by atoms with Gasteiger partial charge in [0, 0.05) is 11.1 Å². The molecule has 134 valence electrons. The van der Waals surface area contributed by atoms with Crippen LogP contribution in [0.25, 0.3) is 34.0 Å². The first kappa shape index (κ1) is 16.9. The van der Waals surface area contributed by atoms with Crippen LogP contribution in [0.15, 0.2) is 83.3 Å². The molecule has 0 amide bonds. The van der Waals surface area contributed by atoms with Crippen LogP contribution in [0.1, 0.15) is 0 Å². The van der Waals surface area contributed by atoms with Crippen LogP contribution >= 0.6 is 0 Å². The second-order valence-corrected chi connectivity index (χ2v) is 5.97. The van der Waals surface area contributed by atoms with Crippen LogP contribution in [-0.2, 0) is 0 Å². The fourth-order valence-electron chi connectivity index (χ4n) is 3.06. The third-order valence-corrected chi connectivity index (χ3v) is 4.35. The minimum Gasteiger partial charge on any atom is -0.496 e. The van der Waals surface area contributed by atoms with Gasteiger partial charge in [0.05, 0.1) is 19.8 Å². The van der Waals surface area contributed by atoms with Gasteiger partial charge in [0.1, 0.15) is 17.2 Å². The summed E-state index contributed by atoms with van der Waals surface area (Å²) in [6, 6.07) is 25.4. The molecule has 4 rings (SSSR count). The molecule has 0 saturated heterocycles. The van der Waals surface area contributed by atoms with Crippen molar-refractivity contribution in [3.63, 3.8) is 0 Å². The van der Waals surface area contributed by atoms with Crippen LogP contribution in [0.2, 0.25) is 0 Å². The van der Waals surface area contributed by atoms with E-state index in [1.54, 1.807) is 14.2 Å². The summed E-state index contributed by atoms with van der Waals surface area (Å²) in [5.74, 6) is 2.59. The number of hydrogen-bond acceptors (Lipinski definition) is 4. The van der Waals surface area contributed by atoms with Crippen molar-refractivity contribution >= 4 is 0 Å². The van der Waals surface area contributed by atoms with Gasteiger partial charge in [-0.1, -0.05) is 54.6 Å². The van der Waals surface area contributed by atoms with Crippen molar-refractivity contribution < 1.29 is 13.9 Å². The highest BCUT2D eigenvalue weighted by Gasteiger charge is 2.23. The topological polar surface area (TPSA) is 44.5 Å². The van der Waals surface area contributed by atoms with Gasteiger partial charge < -0.3 is 13.9 Å². The average molecular weight is 357 g/mol. The Labute approximate surface area is 158 Å². The van der Waals surface area contributed by atoms with E-state index >= 15 is 0 Å². The summed E-state index contributed by atoms with van der Waals surface area (Å²) in [5, 5.41) is 0. The predicted molar refractivity (Wildman–Crippen MR) is 106 cm³/mol. The Morgan fingerprint density at radius 3 is 1.78 bits per heavy atom. The van der Waals surface area contributed by atoms with Crippen molar-refractivity contribution in [2.45, 2.75) is 0 Å². The van der Waals surface area contributed by atoms with Crippen molar-refractivity contribution in [3.05, 3.63) is 78.9 Å². The molecule has 0 radical (unpaired) electrons. The Morgan fingerprint density at radius 2 is 1.22 bits per heavy atom. The average Bonchev–Trinajstić information content (AvgIpc) is 3.19. The van der Waals surface area contributed by atoms with Gasteiger partial charge in [0.15, 0.2) is 5.76 Å². The van der Waals surface area contributed by atoms with Crippen molar-refractivity contribution in [1.29, 1.82) is 0 Å². The first-order valence-corrected chi connectivity index (χ1v) is 8.65. The Morgan fingerprint density at radius 1 is 0.667 bits per heavy atom. The second kappa shape index (κ2) is 7.38. The summed E-state index contributed by atoms with van der Waals surface area (Å²) in [6.45, 7) is 0. The summed E-state index contributed by atoms with van der Waals surface area (Å²) in [4.78, 5) is 4.82. The highest BCUT2D eigenvalue weighted by atomic mass is 16.5. The quantitative estimate of drug-likeness (QED) is 0.460. The molecule has 0 aliphatic carbocycles. The van der Waals surface area contributed by atoms with Gasteiger partial charge in [0.25, 0.3) is 0 Å². The third kappa shape index (κ3) is 3.17. The summed E-state index contributed by atoms with van der Waals surface area (Å²) >= 11 is 0. The number of hydrogen-bond donors (Lipinski definition) is 0. The van der Waals surface area contributed by atoms with E-state index in [1.807, 2.05) is 78.9 Å². The summed E-state index contributed by atoms with van der Waals surface area (Å²) in [6.07, 6.45) is 0. The first-order valence-electron chi connectivity index (χ1n) is 8.65. The minimum absolute atomic E-state index is 0.553. The molecule has 1 aromatic heterocycles. The Balaban J connectivity index is 1.99. The molecule has 0 fully saturated rings. The van der Waals surface area contributed by atoms with E-state index in [-0.39, 0.29) is 0 Å². The van der Waals surface area contributed by atoms with Gasteiger partial charge >= 0.3 is 0 Å². The fourth-order valence-corrected chi connectivity index (χ4v) is 3.06. The molecule has 0 aliphatic rings. The lowest BCUT2D eigenvalue weighted by molar-refractivity contribution is 0.397. The standard InChI is InChI=1S/C23H19NO3/c1-25-18-14-9-15-19(26-2)20(18)21-22(16-10-5-3-6-11-16)27-23(24-21)17-12-7-4-8-13-17/h3-15H,1-2H3. The van der Waals surface area contributed by atoms with E-state index in [1.165, 1.54) is 0 Å². The molecule has 4 aromatic rings. The van der Waals surface area contributed by atoms with Crippen molar-refractivity contribution in [2.24, 2.45) is 0 Å². The van der Waals surface area contributed by atoms with E-state index in [9.17, 15) is 0 Å². The molecular formula is C23H19NO3. The highest BCUT2D eigenvalue weighted by molar-refractivity contribution is 5.85. The zero-order valence-electron chi connectivity index (χ0n) is 15.2. The summed E-state index contributed by atoms with van der Waals surface area (Å²) in [5.41, 5.74) is 3.31. The van der Waals surface area contributed by atoms with Crippen molar-refractivity contribution in [2.75, 3.05) is 14.2 Å². The number of aromatic nitrogens is 1. The van der Waals surface area contributed by atoms with Gasteiger partial charge in [-0.15, -0.1) is 0 Å². The fraction of sp³-hybridized carbons (Fsp3) is 0.0870. The van der Waals surface area contributed by atoms with Gasteiger partial charge in [-0.3, -0.25) is 0 Å². The smallest absolute Gasteiger partial charge is 0.227 e. The molecule has 27 heavy (non-hydrogen) atoms. The number of methoxy groups -OCH3 is 2. The Hall–Kier alpha value is -3.53. The molecule has 0 aliphatic heterocycles. The molecule has 4 nitrogen and oxygen atoms in total. The maximum absolute atomic E-state index is 6.22. The minimum atomic E-state index is 0.553. The van der Waals surface area contributed by atoms with Crippen LogP contribution in [0.5, 0.6) is 11.5 Å². The number of nitrogens with zero attached hydrogens (tertiary/aromatic N) is 1. The number of benzene rings is 3. The molecule has 0 atom stereocenters. The van der Waals surface area contributed by atoms with E-state index in [0.717, 1.165) is 16.7 Å². The summed E-state index contributed by atoms with van der Waals surface area (Å²) < 4.78 is 17.4. The molecule has 0 N–H and O–H groups in total. The van der Waals surface area contributed by atoms with Crippen molar-refractivity contribution in [1.82, 2.24) is 4.98 Å². The highest BCUT2D eigenvalue weighted by Crippen LogP contribution is 2.44. The lowest BCUT2D eigenvalue weighted by atomic mass is 10.0. The molecule has 0 spiro atoms. The predicted octanol–water partition coefficient (Wildman–Crippen LogP) is 5.69.